The van der Waals surface area contributed by atoms with Crippen molar-refractivity contribution in [3.63, 3.8) is 0 Å². The van der Waals surface area contributed by atoms with Gasteiger partial charge in [0.15, 0.2) is 0 Å². The summed E-state index contributed by atoms with van der Waals surface area (Å²) in [6.45, 7) is 6.89. The molecular weight excluding hydrogens is 224 g/mol. The maximum atomic E-state index is 12.1. The van der Waals surface area contributed by atoms with Crippen LogP contribution in [-0.4, -0.2) is 18.0 Å². The Balaban J connectivity index is 2.72. The second kappa shape index (κ2) is 6.55. The van der Waals surface area contributed by atoms with Gasteiger partial charge in [-0.05, 0) is 50.4 Å². The number of carbonyl (C=O) groups excluding carboxylic acids is 1. The first kappa shape index (κ1) is 14.7. The van der Waals surface area contributed by atoms with Crippen LogP contribution in [0.1, 0.15) is 49.5 Å². The van der Waals surface area contributed by atoms with Gasteiger partial charge in [0.2, 0.25) is 0 Å². The second-order valence-corrected chi connectivity index (χ2v) is 4.96. The minimum atomic E-state index is -0.118. The smallest absolute Gasteiger partial charge is 0.251 e. The van der Waals surface area contributed by atoms with Crippen LogP contribution in [0.4, 0.5) is 0 Å². The molecule has 0 saturated heterocycles. The third-order valence-electron chi connectivity index (χ3n) is 3.63. The lowest BCUT2D eigenvalue weighted by molar-refractivity contribution is 0.0901. The van der Waals surface area contributed by atoms with Gasteiger partial charge < -0.3 is 11.1 Å². The Kier molecular flexibility index (Phi) is 5.35. The molecule has 3 nitrogen and oxygen atoms in total. The van der Waals surface area contributed by atoms with Crippen LogP contribution >= 0.6 is 0 Å². The van der Waals surface area contributed by atoms with Crippen molar-refractivity contribution < 1.29 is 4.79 Å². The van der Waals surface area contributed by atoms with Gasteiger partial charge in [-0.25, -0.2) is 0 Å². The number of hydrogen-bond donors (Lipinski definition) is 2. The van der Waals surface area contributed by atoms with E-state index in [1.165, 1.54) is 5.56 Å². The molecule has 3 N–H and O–H groups in total. The zero-order valence-electron chi connectivity index (χ0n) is 11.6. The minimum Gasteiger partial charge on any atom is -0.347 e. The SMILES string of the molecule is CCC(C)(CC)NC(=O)c1ccc(CCN)cc1. The first-order valence-corrected chi connectivity index (χ1v) is 6.66. The Morgan fingerprint density at radius 3 is 2.22 bits per heavy atom. The highest BCUT2D eigenvalue weighted by atomic mass is 16.1. The summed E-state index contributed by atoms with van der Waals surface area (Å²) in [4.78, 5) is 12.1. The molecule has 0 heterocycles. The fourth-order valence-electron chi connectivity index (χ4n) is 1.76. The maximum absolute atomic E-state index is 12.1. The fraction of sp³-hybridized carbons (Fsp3) is 0.533. The van der Waals surface area contributed by atoms with Crippen molar-refractivity contribution in [1.82, 2.24) is 5.32 Å². The van der Waals surface area contributed by atoms with Crippen LogP contribution in [0.3, 0.4) is 0 Å². The molecule has 18 heavy (non-hydrogen) atoms. The molecule has 0 atom stereocenters. The second-order valence-electron chi connectivity index (χ2n) is 4.96. The van der Waals surface area contributed by atoms with Crippen molar-refractivity contribution in [1.29, 1.82) is 0 Å². The van der Waals surface area contributed by atoms with E-state index in [1.54, 1.807) is 0 Å². The molecule has 0 aliphatic rings. The molecule has 0 spiro atoms. The molecule has 100 valence electrons. The van der Waals surface area contributed by atoms with Gasteiger partial charge in [-0.2, -0.15) is 0 Å². The molecule has 1 rings (SSSR count). The van der Waals surface area contributed by atoms with E-state index in [0.717, 1.165) is 19.3 Å². The highest BCUT2D eigenvalue weighted by Crippen LogP contribution is 2.15. The lowest BCUT2D eigenvalue weighted by atomic mass is 9.95. The zero-order valence-corrected chi connectivity index (χ0v) is 11.6. The van der Waals surface area contributed by atoms with Gasteiger partial charge in [-0.3, -0.25) is 4.79 Å². The number of rotatable bonds is 6. The van der Waals surface area contributed by atoms with Crippen molar-refractivity contribution >= 4 is 5.91 Å². The Labute approximate surface area is 110 Å². The minimum absolute atomic E-state index is 0.000462. The van der Waals surface area contributed by atoms with E-state index in [-0.39, 0.29) is 11.4 Å². The molecule has 0 saturated carbocycles. The molecule has 0 fully saturated rings. The van der Waals surface area contributed by atoms with Crippen molar-refractivity contribution in [3.8, 4) is 0 Å². The number of hydrogen-bond acceptors (Lipinski definition) is 2. The monoisotopic (exact) mass is 248 g/mol. The van der Waals surface area contributed by atoms with Crippen molar-refractivity contribution in [2.24, 2.45) is 5.73 Å². The maximum Gasteiger partial charge on any atom is 0.251 e. The van der Waals surface area contributed by atoms with Gasteiger partial charge in [-0.1, -0.05) is 26.0 Å². The molecule has 1 aromatic carbocycles. The van der Waals surface area contributed by atoms with Crippen LogP contribution in [0.15, 0.2) is 24.3 Å². The first-order chi connectivity index (χ1) is 8.54. The van der Waals surface area contributed by atoms with Crippen molar-refractivity contribution in [2.75, 3.05) is 6.54 Å². The lowest BCUT2D eigenvalue weighted by Crippen LogP contribution is -2.44. The summed E-state index contributed by atoms with van der Waals surface area (Å²) in [6, 6.07) is 7.67. The Bertz CT molecular complexity index is 380. The number of nitrogens with one attached hydrogen (secondary N) is 1. The van der Waals surface area contributed by atoms with Gasteiger partial charge in [0.05, 0.1) is 0 Å². The molecule has 1 aromatic rings. The van der Waals surface area contributed by atoms with E-state index in [1.807, 2.05) is 24.3 Å². The summed E-state index contributed by atoms with van der Waals surface area (Å²) in [7, 11) is 0. The van der Waals surface area contributed by atoms with Crippen molar-refractivity contribution in [2.45, 2.75) is 45.6 Å². The third-order valence-corrected chi connectivity index (χ3v) is 3.63. The summed E-state index contributed by atoms with van der Waals surface area (Å²) < 4.78 is 0. The molecule has 0 unspecified atom stereocenters. The number of nitrogens with two attached hydrogens (primary N) is 1. The van der Waals surface area contributed by atoms with Crippen LogP contribution in [-0.2, 0) is 6.42 Å². The van der Waals surface area contributed by atoms with E-state index in [0.29, 0.717) is 12.1 Å². The predicted molar refractivity (Wildman–Crippen MR) is 75.7 cm³/mol. The van der Waals surface area contributed by atoms with Crippen LogP contribution in [0.2, 0.25) is 0 Å². The van der Waals surface area contributed by atoms with Crippen LogP contribution in [0, 0.1) is 0 Å². The highest BCUT2D eigenvalue weighted by molar-refractivity contribution is 5.94. The van der Waals surface area contributed by atoms with Gasteiger partial charge in [-0.15, -0.1) is 0 Å². The molecule has 0 aliphatic heterocycles. The standard InChI is InChI=1S/C15H24N2O/c1-4-15(3,5-2)17-14(18)13-8-6-12(7-9-13)10-11-16/h6-9H,4-5,10-11,16H2,1-3H3,(H,17,18). The molecular formula is C15H24N2O. The van der Waals surface area contributed by atoms with Crippen molar-refractivity contribution in [3.05, 3.63) is 35.4 Å². The van der Waals surface area contributed by atoms with Gasteiger partial charge in [0.25, 0.3) is 5.91 Å². The molecule has 0 bridgehead atoms. The number of benzene rings is 1. The van der Waals surface area contributed by atoms with E-state index in [2.05, 4.69) is 26.1 Å². The zero-order chi connectivity index (χ0) is 13.6. The summed E-state index contributed by atoms with van der Waals surface area (Å²) in [6.07, 6.45) is 2.71. The van der Waals surface area contributed by atoms with E-state index in [9.17, 15) is 4.79 Å². The van der Waals surface area contributed by atoms with Gasteiger partial charge in [0.1, 0.15) is 0 Å². The quantitative estimate of drug-likeness (QED) is 0.812. The summed E-state index contributed by atoms with van der Waals surface area (Å²) in [5, 5.41) is 3.10. The fourth-order valence-corrected chi connectivity index (χ4v) is 1.76. The normalized spacial score (nSPS) is 11.3. The molecule has 0 aromatic heterocycles. The summed E-state index contributed by atoms with van der Waals surface area (Å²) >= 11 is 0. The lowest BCUT2D eigenvalue weighted by Gasteiger charge is -2.28. The molecule has 0 radical (unpaired) electrons. The van der Waals surface area contributed by atoms with E-state index in [4.69, 9.17) is 5.73 Å². The number of amides is 1. The van der Waals surface area contributed by atoms with Crippen LogP contribution in [0.5, 0.6) is 0 Å². The van der Waals surface area contributed by atoms with Crippen LogP contribution < -0.4 is 11.1 Å². The third kappa shape index (κ3) is 3.84. The molecule has 1 amide bonds. The van der Waals surface area contributed by atoms with E-state index >= 15 is 0 Å². The summed E-state index contributed by atoms with van der Waals surface area (Å²) in [5.41, 5.74) is 7.26. The van der Waals surface area contributed by atoms with Crippen LogP contribution in [0.25, 0.3) is 0 Å². The highest BCUT2D eigenvalue weighted by Gasteiger charge is 2.22. The summed E-state index contributed by atoms with van der Waals surface area (Å²) in [5.74, 6) is 0.000462. The van der Waals surface area contributed by atoms with Gasteiger partial charge >= 0.3 is 0 Å². The Morgan fingerprint density at radius 1 is 1.22 bits per heavy atom. The average molecular weight is 248 g/mol. The topological polar surface area (TPSA) is 55.1 Å². The largest absolute Gasteiger partial charge is 0.347 e. The molecule has 0 aliphatic carbocycles. The van der Waals surface area contributed by atoms with Gasteiger partial charge in [0, 0.05) is 11.1 Å². The predicted octanol–water partition coefficient (Wildman–Crippen LogP) is 2.50. The Morgan fingerprint density at radius 2 is 1.78 bits per heavy atom. The first-order valence-electron chi connectivity index (χ1n) is 6.66. The molecule has 3 heteroatoms. The number of carbonyl (C=O) groups is 1. The van der Waals surface area contributed by atoms with E-state index < -0.39 is 0 Å². The average Bonchev–Trinajstić information content (AvgIpc) is 2.39. The Hall–Kier alpha value is -1.35.